The topological polar surface area (TPSA) is 79.4 Å². The van der Waals surface area contributed by atoms with Crippen molar-refractivity contribution >= 4 is 40.9 Å². The number of phenols is 1. The summed E-state index contributed by atoms with van der Waals surface area (Å²) in [5.41, 5.74) is -0.186. The number of aromatic nitrogens is 1. The fourth-order valence-electron chi connectivity index (χ4n) is 1.95. The number of hydrogen-bond acceptors (Lipinski definition) is 5. The van der Waals surface area contributed by atoms with Gasteiger partial charge in [0.05, 0.1) is 20.8 Å². The quantitative estimate of drug-likeness (QED) is 0.852. The lowest BCUT2D eigenvalue weighted by molar-refractivity contribution is -0.119. The van der Waals surface area contributed by atoms with Crippen LogP contribution in [-0.4, -0.2) is 22.5 Å². The molecule has 25 heavy (non-hydrogen) atoms. The maximum Gasteiger partial charge on any atom is 0.266 e. The first kappa shape index (κ1) is 19.3. The van der Waals surface area contributed by atoms with E-state index in [1.54, 1.807) is 25.1 Å². The highest BCUT2D eigenvalue weighted by Crippen LogP contribution is 2.35. The van der Waals surface area contributed by atoms with Crippen LogP contribution in [0.5, 0.6) is 11.5 Å². The van der Waals surface area contributed by atoms with Crippen molar-refractivity contribution in [3.05, 3.63) is 42.3 Å². The Balaban J connectivity index is 2.52. The predicted molar refractivity (Wildman–Crippen MR) is 101 cm³/mol. The van der Waals surface area contributed by atoms with Gasteiger partial charge < -0.3 is 14.8 Å². The van der Waals surface area contributed by atoms with Crippen molar-refractivity contribution in [1.29, 1.82) is 0 Å². The number of hydrogen-bond donors (Lipinski definition) is 2. The van der Waals surface area contributed by atoms with E-state index >= 15 is 0 Å². The van der Waals surface area contributed by atoms with Crippen molar-refractivity contribution in [2.75, 3.05) is 6.61 Å². The molecule has 0 aliphatic rings. The first-order valence-corrected chi connectivity index (χ1v) is 8.93. The standard InChI is InChI=1S/C18H20ClNO4S/c1-5-24-12-7-10(6-11(19)16(12)22)8-13-17(23)20-15(25-13)9-14(21)18(2,3)4/h6-9,22H,5H2,1-4H3,(H,20,23)/b13-8-,15-9-. The van der Waals surface area contributed by atoms with Gasteiger partial charge in [0.2, 0.25) is 0 Å². The minimum atomic E-state index is -0.512. The van der Waals surface area contributed by atoms with Crippen LogP contribution in [0.2, 0.25) is 5.02 Å². The number of halogens is 1. The number of ether oxygens (including phenoxy) is 1. The van der Waals surface area contributed by atoms with Gasteiger partial charge in [-0.2, -0.15) is 0 Å². The number of ketones is 1. The van der Waals surface area contributed by atoms with Crippen molar-refractivity contribution in [3.8, 4) is 11.5 Å². The molecule has 0 unspecified atom stereocenters. The smallest absolute Gasteiger partial charge is 0.266 e. The van der Waals surface area contributed by atoms with Gasteiger partial charge in [-0.25, -0.2) is 0 Å². The van der Waals surface area contributed by atoms with Crippen molar-refractivity contribution in [3.63, 3.8) is 0 Å². The molecule has 7 heteroatoms. The first-order valence-electron chi connectivity index (χ1n) is 7.74. The molecule has 0 spiro atoms. The van der Waals surface area contributed by atoms with Crippen LogP contribution in [-0.2, 0) is 4.79 Å². The summed E-state index contributed by atoms with van der Waals surface area (Å²) < 4.78 is 6.25. The molecule has 1 heterocycles. The van der Waals surface area contributed by atoms with E-state index in [1.807, 2.05) is 20.8 Å². The van der Waals surface area contributed by atoms with Crippen LogP contribution in [0, 0.1) is 5.41 Å². The normalized spacial score (nSPS) is 13.3. The monoisotopic (exact) mass is 381 g/mol. The summed E-state index contributed by atoms with van der Waals surface area (Å²) in [5, 5.41) is 10.0. The molecule has 0 aliphatic carbocycles. The van der Waals surface area contributed by atoms with Crippen molar-refractivity contribution in [2.45, 2.75) is 27.7 Å². The largest absolute Gasteiger partial charge is 0.503 e. The zero-order chi connectivity index (χ0) is 18.8. The molecule has 134 valence electrons. The number of benzene rings is 1. The highest BCUT2D eigenvalue weighted by molar-refractivity contribution is 7.07. The van der Waals surface area contributed by atoms with E-state index in [0.717, 1.165) is 0 Å². The maximum absolute atomic E-state index is 12.1. The fraction of sp³-hybridized carbons (Fsp3) is 0.333. The molecule has 0 bridgehead atoms. The van der Waals surface area contributed by atoms with Crippen LogP contribution < -0.4 is 19.5 Å². The molecule has 1 aromatic heterocycles. The van der Waals surface area contributed by atoms with E-state index in [2.05, 4.69) is 4.98 Å². The van der Waals surface area contributed by atoms with E-state index in [9.17, 15) is 14.7 Å². The number of aromatic amines is 1. The third kappa shape index (κ3) is 4.74. The van der Waals surface area contributed by atoms with Gasteiger partial charge in [0, 0.05) is 11.5 Å². The van der Waals surface area contributed by atoms with E-state index in [-0.39, 0.29) is 27.9 Å². The Kier molecular flexibility index (Phi) is 5.75. The summed E-state index contributed by atoms with van der Waals surface area (Å²) in [6.07, 6.45) is 3.08. The lowest BCUT2D eigenvalue weighted by Crippen LogP contribution is -2.22. The molecule has 0 saturated heterocycles. The summed E-state index contributed by atoms with van der Waals surface area (Å²) in [4.78, 5) is 26.9. The molecule has 0 radical (unpaired) electrons. The lowest BCUT2D eigenvalue weighted by atomic mass is 9.91. The molecule has 2 aromatic rings. The SMILES string of the molecule is CCOc1cc(/C=c2\s/c(=C\C(=O)C(C)(C)C)[nH]c2=O)cc(Cl)c1O. The van der Waals surface area contributed by atoms with Crippen LogP contribution in [0.4, 0.5) is 0 Å². The number of carbonyl (C=O) groups excluding carboxylic acids is 1. The van der Waals surface area contributed by atoms with Gasteiger partial charge >= 0.3 is 0 Å². The molecule has 2 rings (SSSR count). The number of aromatic hydroxyl groups is 1. The minimum absolute atomic E-state index is 0.0668. The Morgan fingerprint density at radius 3 is 2.68 bits per heavy atom. The number of phenolic OH excluding ortho intramolecular Hbond substituents is 1. The van der Waals surface area contributed by atoms with Crippen LogP contribution in [0.15, 0.2) is 16.9 Å². The third-order valence-electron chi connectivity index (χ3n) is 3.33. The Morgan fingerprint density at radius 1 is 1.40 bits per heavy atom. The zero-order valence-corrected chi connectivity index (χ0v) is 16.0. The first-order chi connectivity index (χ1) is 11.6. The molecule has 0 aliphatic heterocycles. The highest BCUT2D eigenvalue weighted by atomic mass is 35.5. The second-order valence-electron chi connectivity index (χ2n) is 6.47. The van der Waals surface area contributed by atoms with Crippen LogP contribution in [0.3, 0.4) is 0 Å². The molecule has 0 saturated carbocycles. The molecule has 0 amide bonds. The lowest BCUT2D eigenvalue weighted by Gasteiger charge is -2.12. The van der Waals surface area contributed by atoms with Crippen LogP contribution in [0.1, 0.15) is 33.3 Å². The number of thiazole rings is 1. The predicted octanol–water partition coefficient (Wildman–Crippen LogP) is 2.42. The average molecular weight is 382 g/mol. The number of H-pyrrole nitrogens is 1. The Labute approximate surface area is 154 Å². The molecular weight excluding hydrogens is 362 g/mol. The summed E-state index contributed by atoms with van der Waals surface area (Å²) in [7, 11) is 0. The number of nitrogens with one attached hydrogen (secondary N) is 1. The Hall–Kier alpha value is -2.05. The van der Waals surface area contributed by atoms with Crippen molar-refractivity contribution in [2.24, 2.45) is 5.41 Å². The Bertz CT molecular complexity index is 966. The van der Waals surface area contributed by atoms with Gasteiger partial charge in [-0.15, -0.1) is 11.3 Å². The van der Waals surface area contributed by atoms with Gasteiger partial charge in [0.25, 0.3) is 5.56 Å². The van der Waals surface area contributed by atoms with Gasteiger partial charge in [0.15, 0.2) is 17.3 Å². The molecule has 2 N–H and O–H groups in total. The molecule has 0 atom stereocenters. The molecule has 5 nitrogen and oxygen atoms in total. The van der Waals surface area contributed by atoms with E-state index in [4.69, 9.17) is 16.3 Å². The maximum atomic E-state index is 12.1. The van der Waals surface area contributed by atoms with Gasteiger partial charge in [-0.3, -0.25) is 9.59 Å². The highest BCUT2D eigenvalue weighted by Gasteiger charge is 2.18. The van der Waals surface area contributed by atoms with E-state index in [0.29, 0.717) is 21.4 Å². The van der Waals surface area contributed by atoms with Gasteiger partial charge in [0.1, 0.15) is 0 Å². The van der Waals surface area contributed by atoms with Crippen molar-refractivity contribution in [1.82, 2.24) is 4.98 Å². The van der Waals surface area contributed by atoms with Crippen molar-refractivity contribution < 1.29 is 14.6 Å². The third-order valence-corrected chi connectivity index (χ3v) is 4.58. The van der Waals surface area contributed by atoms with Gasteiger partial charge in [-0.05, 0) is 30.7 Å². The number of carbonyl (C=O) groups is 1. The van der Waals surface area contributed by atoms with Crippen LogP contribution >= 0.6 is 22.9 Å². The zero-order valence-electron chi connectivity index (χ0n) is 14.5. The van der Waals surface area contributed by atoms with E-state index in [1.165, 1.54) is 17.4 Å². The summed E-state index contributed by atoms with van der Waals surface area (Å²) in [6.45, 7) is 7.62. The van der Waals surface area contributed by atoms with E-state index < -0.39 is 5.41 Å². The number of rotatable bonds is 4. The minimum Gasteiger partial charge on any atom is -0.503 e. The molecule has 1 aromatic carbocycles. The number of Topliss-reactive ketones (excluding diaryl/α,β-unsaturated/α-hetero) is 1. The average Bonchev–Trinajstić information content (AvgIpc) is 2.83. The second-order valence-corrected chi connectivity index (χ2v) is 7.96. The second kappa shape index (κ2) is 7.45. The summed E-state index contributed by atoms with van der Waals surface area (Å²) in [5.74, 6) is 0.0531. The summed E-state index contributed by atoms with van der Waals surface area (Å²) in [6, 6.07) is 3.15. The molecule has 0 fully saturated rings. The fourth-order valence-corrected chi connectivity index (χ4v) is 3.06. The summed E-state index contributed by atoms with van der Waals surface area (Å²) >= 11 is 7.18. The van der Waals surface area contributed by atoms with Crippen LogP contribution in [0.25, 0.3) is 12.2 Å². The van der Waals surface area contributed by atoms with Gasteiger partial charge in [-0.1, -0.05) is 32.4 Å². The molecular formula is C18H20ClNO4S. The Morgan fingerprint density at radius 2 is 2.08 bits per heavy atom.